The van der Waals surface area contributed by atoms with Crippen LogP contribution in [0.1, 0.15) is 30.4 Å². The lowest BCUT2D eigenvalue weighted by Gasteiger charge is -2.24. The summed E-state index contributed by atoms with van der Waals surface area (Å²) in [7, 11) is 0. The minimum Gasteiger partial charge on any atom is -0.507 e. The van der Waals surface area contributed by atoms with E-state index in [1.54, 1.807) is 24.4 Å². The van der Waals surface area contributed by atoms with Gasteiger partial charge in [0.1, 0.15) is 5.75 Å². The number of carboxylic acid groups (broad SMARTS) is 1. The third kappa shape index (κ3) is 3.22. The summed E-state index contributed by atoms with van der Waals surface area (Å²) in [6.45, 7) is 0. The van der Waals surface area contributed by atoms with Crippen molar-refractivity contribution in [3.63, 3.8) is 0 Å². The van der Waals surface area contributed by atoms with Gasteiger partial charge in [-0.1, -0.05) is 46.3 Å². The fourth-order valence-electron chi connectivity index (χ4n) is 3.30. The van der Waals surface area contributed by atoms with E-state index < -0.39 is 11.4 Å². The number of nitrogens with zero attached hydrogens (tertiary/aromatic N) is 1. The molecule has 1 aliphatic rings. The van der Waals surface area contributed by atoms with Crippen molar-refractivity contribution in [2.45, 2.75) is 30.7 Å². The number of carbonyl (C=O) groups is 1. The zero-order valence-corrected chi connectivity index (χ0v) is 14.6. The Bertz CT molecular complexity index is 775. The Balaban J connectivity index is 1.82. The highest BCUT2D eigenvalue weighted by atomic mass is 79.9. The Morgan fingerprint density at radius 2 is 2.00 bits per heavy atom. The smallest absolute Gasteiger partial charge is 0.314 e. The molecule has 124 valence electrons. The Hall–Kier alpha value is -2.14. The second kappa shape index (κ2) is 6.77. The average molecular weight is 388 g/mol. The number of hydrogen-bond donors (Lipinski definition) is 2. The lowest BCUT2D eigenvalue weighted by atomic mass is 9.79. The van der Waals surface area contributed by atoms with E-state index in [-0.39, 0.29) is 11.8 Å². The molecule has 3 rings (SSSR count). The summed E-state index contributed by atoms with van der Waals surface area (Å²) in [6.07, 6.45) is 3.39. The molecule has 0 aliphatic heterocycles. The van der Waals surface area contributed by atoms with Gasteiger partial charge in [-0.25, -0.2) is 0 Å². The van der Waals surface area contributed by atoms with Gasteiger partial charge in [0.2, 0.25) is 0 Å². The number of aliphatic carboxylic acids is 1. The maximum absolute atomic E-state index is 11.9. The molecule has 2 aromatic carbocycles. The Kier molecular flexibility index (Phi) is 4.71. The van der Waals surface area contributed by atoms with Crippen molar-refractivity contribution in [1.29, 1.82) is 0 Å². The largest absolute Gasteiger partial charge is 0.507 e. The number of aliphatic imine (C=N–C) groups is 1. The van der Waals surface area contributed by atoms with E-state index in [0.29, 0.717) is 24.8 Å². The fraction of sp³-hybridized carbons (Fsp3) is 0.263. The van der Waals surface area contributed by atoms with Crippen molar-refractivity contribution in [2.24, 2.45) is 4.99 Å². The molecule has 2 N–H and O–H groups in total. The van der Waals surface area contributed by atoms with Crippen LogP contribution in [0.15, 0.2) is 58.0 Å². The number of phenolic OH excluding ortho intramolecular Hbond substituents is 1. The number of halogens is 1. The highest BCUT2D eigenvalue weighted by Gasteiger charge is 2.46. The van der Waals surface area contributed by atoms with E-state index in [1.807, 2.05) is 30.3 Å². The Morgan fingerprint density at radius 1 is 1.25 bits per heavy atom. The maximum atomic E-state index is 11.9. The topological polar surface area (TPSA) is 69.9 Å². The quantitative estimate of drug-likeness (QED) is 0.774. The van der Waals surface area contributed by atoms with Gasteiger partial charge in [-0.3, -0.25) is 9.79 Å². The van der Waals surface area contributed by atoms with Gasteiger partial charge < -0.3 is 10.2 Å². The molecule has 0 unspecified atom stereocenters. The van der Waals surface area contributed by atoms with Crippen LogP contribution in [0.3, 0.4) is 0 Å². The van der Waals surface area contributed by atoms with Crippen molar-refractivity contribution in [2.75, 3.05) is 0 Å². The van der Waals surface area contributed by atoms with Crippen LogP contribution in [0.4, 0.5) is 0 Å². The standard InChI is InChI=1S/C19H18BrNO3/c20-15-6-7-17(22)13(10-15)12-21-16-8-9-19(11-16,18(23)24)14-4-2-1-3-5-14/h1-7,10,12,16,22H,8-9,11H2,(H,23,24)/t16-,19+/m1/s1. The van der Waals surface area contributed by atoms with E-state index in [1.165, 1.54) is 0 Å². The number of hydrogen-bond acceptors (Lipinski definition) is 3. The second-order valence-electron chi connectivity index (χ2n) is 6.13. The normalized spacial score (nSPS) is 23.6. The highest BCUT2D eigenvalue weighted by molar-refractivity contribution is 9.10. The first-order chi connectivity index (χ1) is 11.5. The molecule has 2 atom stereocenters. The minimum atomic E-state index is -0.872. The molecule has 0 bridgehead atoms. The van der Waals surface area contributed by atoms with Gasteiger partial charge >= 0.3 is 5.97 Å². The van der Waals surface area contributed by atoms with Crippen LogP contribution in [0, 0.1) is 0 Å². The number of carboxylic acids is 1. The van der Waals surface area contributed by atoms with E-state index >= 15 is 0 Å². The number of rotatable bonds is 4. The van der Waals surface area contributed by atoms with Gasteiger partial charge in [-0.15, -0.1) is 0 Å². The number of phenols is 1. The van der Waals surface area contributed by atoms with Crippen LogP contribution in [0.5, 0.6) is 5.75 Å². The van der Waals surface area contributed by atoms with Gasteiger partial charge in [-0.2, -0.15) is 0 Å². The predicted octanol–water partition coefficient (Wildman–Crippen LogP) is 4.15. The summed E-state index contributed by atoms with van der Waals surface area (Å²) < 4.78 is 0.859. The SMILES string of the molecule is O=C(O)[C@@]1(c2ccccc2)CC[C@@H](N=Cc2cc(Br)ccc2O)C1. The van der Waals surface area contributed by atoms with E-state index in [4.69, 9.17) is 0 Å². The summed E-state index contributed by atoms with van der Waals surface area (Å²) in [5, 5.41) is 19.7. The predicted molar refractivity (Wildman–Crippen MR) is 96.8 cm³/mol. The minimum absolute atomic E-state index is 0.0697. The molecule has 0 heterocycles. The lowest BCUT2D eigenvalue weighted by Crippen LogP contribution is -2.33. The number of benzene rings is 2. The van der Waals surface area contributed by atoms with E-state index in [2.05, 4.69) is 20.9 Å². The molecule has 0 saturated heterocycles. The van der Waals surface area contributed by atoms with Crippen molar-refractivity contribution in [3.05, 3.63) is 64.1 Å². The molecule has 24 heavy (non-hydrogen) atoms. The fourth-order valence-corrected chi connectivity index (χ4v) is 3.68. The van der Waals surface area contributed by atoms with Gasteiger partial charge in [0.25, 0.3) is 0 Å². The molecule has 2 aromatic rings. The summed E-state index contributed by atoms with van der Waals surface area (Å²) >= 11 is 3.37. The third-order valence-corrected chi connectivity index (χ3v) is 5.13. The summed E-state index contributed by atoms with van der Waals surface area (Å²) in [6, 6.07) is 14.5. The average Bonchev–Trinajstić information content (AvgIpc) is 3.02. The van der Waals surface area contributed by atoms with Crippen LogP contribution in [-0.2, 0) is 10.2 Å². The van der Waals surface area contributed by atoms with Crippen LogP contribution in [-0.4, -0.2) is 28.4 Å². The summed E-state index contributed by atoms with van der Waals surface area (Å²) in [4.78, 5) is 16.5. The molecule has 0 radical (unpaired) electrons. The van der Waals surface area contributed by atoms with Crippen molar-refractivity contribution in [1.82, 2.24) is 0 Å². The van der Waals surface area contributed by atoms with Gasteiger partial charge in [0.05, 0.1) is 11.5 Å². The summed E-state index contributed by atoms with van der Waals surface area (Å²) in [5.41, 5.74) is 0.584. The van der Waals surface area contributed by atoms with Crippen molar-refractivity contribution < 1.29 is 15.0 Å². The Morgan fingerprint density at radius 3 is 2.71 bits per heavy atom. The zero-order chi connectivity index (χ0) is 17.2. The molecule has 0 amide bonds. The Labute approximate surface area is 149 Å². The van der Waals surface area contributed by atoms with Crippen LogP contribution < -0.4 is 0 Å². The monoisotopic (exact) mass is 387 g/mol. The molecule has 5 heteroatoms. The van der Waals surface area contributed by atoms with Crippen LogP contribution in [0.2, 0.25) is 0 Å². The molecule has 0 aromatic heterocycles. The van der Waals surface area contributed by atoms with Gasteiger partial charge in [-0.05, 0) is 43.0 Å². The molecule has 0 spiro atoms. The number of aromatic hydroxyl groups is 1. The van der Waals surface area contributed by atoms with Gasteiger partial charge in [0, 0.05) is 16.3 Å². The summed E-state index contributed by atoms with van der Waals surface area (Å²) in [5.74, 6) is -0.635. The highest BCUT2D eigenvalue weighted by Crippen LogP contribution is 2.42. The maximum Gasteiger partial charge on any atom is 0.314 e. The molecule has 1 aliphatic carbocycles. The second-order valence-corrected chi connectivity index (χ2v) is 7.05. The molecule has 1 saturated carbocycles. The molecule has 1 fully saturated rings. The van der Waals surface area contributed by atoms with Gasteiger partial charge in [0.15, 0.2) is 0 Å². The van der Waals surface area contributed by atoms with E-state index in [0.717, 1.165) is 10.0 Å². The van der Waals surface area contributed by atoms with Crippen LogP contribution >= 0.6 is 15.9 Å². The van der Waals surface area contributed by atoms with Crippen molar-refractivity contribution in [3.8, 4) is 5.75 Å². The first-order valence-corrected chi connectivity index (χ1v) is 8.61. The first kappa shape index (κ1) is 16.7. The zero-order valence-electron chi connectivity index (χ0n) is 13.0. The molecular weight excluding hydrogens is 370 g/mol. The van der Waals surface area contributed by atoms with Crippen LogP contribution in [0.25, 0.3) is 0 Å². The lowest BCUT2D eigenvalue weighted by molar-refractivity contribution is -0.143. The van der Waals surface area contributed by atoms with E-state index in [9.17, 15) is 15.0 Å². The molecule has 4 nitrogen and oxygen atoms in total. The van der Waals surface area contributed by atoms with Crippen molar-refractivity contribution >= 4 is 28.1 Å². The first-order valence-electron chi connectivity index (χ1n) is 7.82. The third-order valence-electron chi connectivity index (χ3n) is 4.64. The molecular formula is C19H18BrNO3.